The number of rotatable bonds is 3. The number of aryl methyl sites for hydroxylation is 1. The predicted octanol–water partition coefficient (Wildman–Crippen LogP) is 3.00. The summed E-state index contributed by atoms with van der Waals surface area (Å²) in [6.07, 6.45) is 1.27. The molecule has 1 aliphatic rings. The van der Waals surface area contributed by atoms with Gasteiger partial charge >= 0.3 is 0 Å². The van der Waals surface area contributed by atoms with Gasteiger partial charge in [-0.3, -0.25) is 4.79 Å². The number of pyridine rings is 1. The monoisotopic (exact) mass is 384 g/mol. The molecule has 1 N–H and O–H groups in total. The van der Waals surface area contributed by atoms with Gasteiger partial charge < -0.3 is 14.6 Å². The van der Waals surface area contributed by atoms with Crippen molar-refractivity contribution in [2.24, 2.45) is 0 Å². The minimum atomic E-state index is -0.889. The fraction of sp³-hybridized carbons (Fsp3) is 0.250. The maximum atomic E-state index is 13.5. The summed E-state index contributed by atoms with van der Waals surface area (Å²) in [4.78, 5) is 25.1. The van der Waals surface area contributed by atoms with Crippen molar-refractivity contribution in [1.82, 2.24) is 15.0 Å². The number of hydrogen-bond donors (Lipinski definition) is 1. The molecular weight excluding hydrogens is 366 g/mol. The van der Waals surface area contributed by atoms with Crippen LogP contribution in [-0.4, -0.2) is 34.6 Å². The van der Waals surface area contributed by atoms with E-state index in [1.807, 2.05) is 17.0 Å². The molecule has 1 unspecified atom stereocenters. The minimum Gasteiger partial charge on any atom is -0.370 e. The van der Waals surface area contributed by atoms with Crippen LogP contribution < -0.4 is 10.5 Å². The zero-order valence-electron chi connectivity index (χ0n) is 15.2. The van der Waals surface area contributed by atoms with Crippen molar-refractivity contribution in [2.45, 2.75) is 13.0 Å². The number of morpholine rings is 1. The minimum absolute atomic E-state index is 0.214. The number of H-pyrrole nitrogens is 1. The van der Waals surface area contributed by atoms with E-state index in [-0.39, 0.29) is 11.7 Å². The highest BCUT2D eigenvalue weighted by molar-refractivity contribution is 5.56. The molecule has 3 aromatic rings. The number of aromatic amines is 1. The average Bonchev–Trinajstić information content (AvgIpc) is 2.69. The summed E-state index contributed by atoms with van der Waals surface area (Å²) in [5.41, 5.74) is 1.70. The summed E-state index contributed by atoms with van der Waals surface area (Å²) >= 11 is 0. The maximum absolute atomic E-state index is 13.5. The molecule has 1 aliphatic heterocycles. The van der Waals surface area contributed by atoms with E-state index in [9.17, 15) is 13.6 Å². The van der Waals surface area contributed by atoms with Crippen molar-refractivity contribution in [3.05, 3.63) is 75.8 Å². The number of halogens is 2. The van der Waals surface area contributed by atoms with Gasteiger partial charge in [-0.15, -0.1) is 0 Å². The smallest absolute Gasteiger partial charge is 0.251 e. The van der Waals surface area contributed by atoms with E-state index in [0.717, 1.165) is 11.9 Å². The number of aromatic nitrogens is 3. The van der Waals surface area contributed by atoms with Gasteiger partial charge in [-0.25, -0.2) is 18.7 Å². The molecule has 0 aliphatic carbocycles. The molecule has 1 atom stereocenters. The van der Waals surface area contributed by atoms with E-state index in [0.29, 0.717) is 42.3 Å². The molecule has 0 radical (unpaired) electrons. The first-order chi connectivity index (χ1) is 13.5. The molecule has 3 heterocycles. The van der Waals surface area contributed by atoms with Crippen molar-refractivity contribution >= 4 is 5.82 Å². The number of ether oxygens (including phenoxy) is 1. The number of benzene rings is 1. The Labute approximate surface area is 159 Å². The molecule has 0 bridgehead atoms. The quantitative estimate of drug-likeness (QED) is 0.752. The standard InChI is InChI=1S/C20H18F2N4O2/c1-12-8-19(27)25-20(24-12)14-3-5-18(23-10-14)26-6-7-28-17(11-26)13-2-4-15(21)16(22)9-13/h2-5,8-10,17H,6-7,11H2,1H3,(H,24,25,27). The highest BCUT2D eigenvalue weighted by Crippen LogP contribution is 2.27. The molecule has 28 heavy (non-hydrogen) atoms. The number of nitrogens with zero attached hydrogens (tertiary/aromatic N) is 3. The van der Waals surface area contributed by atoms with Crippen molar-refractivity contribution in [3.8, 4) is 11.4 Å². The Kier molecular flexibility index (Phi) is 4.87. The molecule has 8 heteroatoms. The maximum Gasteiger partial charge on any atom is 0.251 e. The van der Waals surface area contributed by atoms with Crippen molar-refractivity contribution < 1.29 is 13.5 Å². The number of nitrogens with one attached hydrogen (secondary N) is 1. The van der Waals surface area contributed by atoms with Gasteiger partial charge in [0.2, 0.25) is 0 Å². The van der Waals surface area contributed by atoms with Crippen LogP contribution in [0.1, 0.15) is 17.4 Å². The Balaban J connectivity index is 1.53. The third kappa shape index (κ3) is 3.77. The van der Waals surface area contributed by atoms with Crippen LogP contribution in [0.2, 0.25) is 0 Å². The lowest BCUT2D eigenvalue weighted by atomic mass is 10.1. The van der Waals surface area contributed by atoms with Crippen LogP contribution in [0, 0.1) is 18.6 Å². The second kappa shape index (κ2) is 7.47. The normalized spacial score (nSPS) is 17.0. The second-order valence-electron chi connectivity index (χ2n) is 6.62. The van der Waals surface area contributed by atoms with Gasteiger partial charge in [0.05, 0.1) is 6.61 Å². The van der Waals surface area contributed by atoms with E-state index < -0.39 is 11.6 Å². The van der Waals surface area contributed by atoms with Gasteiger partial charge in [0.15, 0.2) is 11.6 Å². The third-order valence-electron chi connectivity index (χ3n) is 4.60. The first-order valence-electron chi connectivity index (χ1n) is 8.85. The molecule has 0 amide bonds. The molecule has 6 nitrogen and oxygen atoms in total. The zero-order valence-corrected chi connectivity index (χ0v) is 15.2. The Hall–Kier alpha value is -3.13. The van der Waals surface area contributed by atoms with Crippen LogP contribution in [0.4, 0.5) is 14.6 Å². The predicted molar refractivity (Wildman–Crippen MR) is 100 cm³/mol. The van der Waals surface area contributed by atoms with Gasteiger partial charge in [-0.05, 0) is 36.8 Å². The summed E-state index contributed by atoms with van der Waals surface area (Å²) in [6, 6.07) is 8.91. The molecule has 2 aromatic heterocycles. The lowest BCUT2D eigenvalue weighted by Crippen LogP contribution is -2.38. The summed E-state index contributed by atoms with van der Waals surface area (Å²) in [5.74, 6) is -0.572. The molecule has 144 valence electrons. The highest BCUT2D eigenvalue weighted by atomic mass is 19.2. The van der Waals surface area contributed by atoms with E-state index >= 15 is 0 Å². The van der Waals surface area contributed by atoms with Gasteiger partial charge in [-0.2, -0.15) is 0 Å². The molecule has 1 fully saturated rings. The van der Waals surface area contributed by atoms with E-state index in [4.69, 9.17) is 4.74 Å². The molecule has 0 saturated carbocycles. The summed E-state index contributed by atoms with van der Waals surface area (Å²) < 4.78 is 32.4. The van der Waals surface area contributed by atoms with Gasteiger partial charge in [-0.1, -0.05) is 6.07 Å². The van der Waals surface area contributed by atoms with Gasteiger partial charge in [0, 0.05) is 36.6 Å². The van der Waals surface area contributed by atoms with Crippen molar-refractivity contribution in [2.75, 3.05) is 24.6 Å². The van der Waals surface area contributed by atoms with Crippen LogP contribution in [0.5, 0.6) is 0 Å². The van der Waals surface area contributed by atoms with Crippen LogP contribution in [0.15, 0.2) is 47.4 Å². The topological polar surface area (TPSA) is 71.1 Å². The van der Waals surface area contributed by atoms with Gasteiger partial charge in [0.25, 0.3) is 5.56 Å². The molecule has 1 saturated heterocycles. The van der Waals surface area contributed by atoms with E-state index in [1.165, 1.54) is 18.2 Å². The fourth-order valence-electron chi connectivity index (χ4n) is 3.20. The van der Waals surface area contributed by atoms with Crippen LogP contribution in [-0.2, 0) is 4.74 Å². The van der Waals surface area contributed by atoms with Crippen molar-refractivity contribution in [1.29, 1.82) is 0 Å². The lowest BCUT2D eigenvalue weighted by molar-refractivity contribution is 0.0393. The molecule has 1 aromatic carbocycles. The fourth-order valence-corrected chi connectivity index (χ4v) is 3.20. The Bertz CT molecular complexity index is 1050. The number of anilines is 1. The van der Waals surface area contributed by atoms with Crippen LogP contribution in [0.25, 0.3) is 11.4 Å². The largest absolute Gasteiger partial charge is 0.370 e. The first-order valence-corrected chi connectivity index (χ1v) is 8.85. The zero-order chi connectivity index (χ0) is 19.7. The second-order valence-corrected chi connectivity index (χ2v) is 6.62. The Morgan fingerprint density at radius 2 is 2.04 bits per heavy atom. The average molecular weight is 384 g/mol. The lowest BCUT2D eigenvalue weighted by Gasteiger charge is -2.34. The number of hydrogen-bond acceptors (Lipinski definition) is 5. The third-order valence-corrected chi connectivity index (χ3v) is 4.60. The van der Waals surface area contributed by atoms with Crippen LogP contribution in [0.3, 0.4) is 0 Å². The Morgan fingerprint density at radius 1 is 1.18 bits per heavy atom. The molecule has 0 spiro atoms. The van der Waals surface area contributed by atoms with Crippen molar-refractivity contribution in [3.63, 3.8) is 0 Å². The summed E-state index contributed by atoms with van der Waals surface area (Å²) in [5, 5.41) is 0. The molecular formula is C20H18F2N4O2. The SMILES string of the molecule is Cc1cc(=O)[nH]c(-c2ccc(N3CCOC(c4ccc(F)c(F)c4)C3)nc2)n1. The van der Waals surface area contributed by atoms with Crippen LogP contribution >= 0.6 is 0 Å². The van der Waals surface area contributed by atoms with E-state index in [1.54, 1.807) is 13.1 Å². The molecule has 4 rings (SSSR count). The van der Waals surface area contributed by atoms with E-state index in [2.05, 4.69) is 15.0 Å². The summed E-state index contributed by atoms with van der Waals surface area (Å²) in [7, 11) is 0. The van der Waals surface area contributed by atoms with Gasteiger partial charge in [0.1, 0.15) is 17.7 Å². The summed E-state index contributed by atoms with van der Waals surface area (Å²) in [6.45, 7) is 3.30. The first kappa shape index (κ1) is 18.2. The highest BCUT2D eigenvalue weighted by Gasteiger charge is 2.24. The Morgan fingerprint density at radius 3 is 2.75 bits per heavy atom.